The predicted octanol–water partition coefficient (Wildman–Crippen LogP) is 1.18. The van der Waals surface area contributed by atoms with Crippen LogP contribution in [0.1, 0.15) is 20.3 Å². The molecule has 0 radical (unpaired) electrons. The highest BCUT2D eigenvalue weighted by atomic mass is 35.5. The minimum Gasteiger partial charge on any atom is -0.381 e. The van der Waals surface area contributed by atoms with E-state index in [0.717, 1.165) is 19.6 Å². The molecule has 10 heavy (non-hydrogen) atoms. The molecule has 1 fully saturated rings. The zero-order chi connectivity index (χ0) is 6.91. The first-order chi connectivity index (χ1) is 4.13. The van der Waals surface area contributed by atoms with Crippen LogP contribution < -0.4 is 5.73 Å². The molecule has 0 aromatic heterocycles. The molecule has 1 rings (SSSR count). The molecule has 1 atom stereocenters. The molecule has 1 aliphatic rings. The van der Waals surface area contributed by atoms with Crippen molar-refractivity contribution in [2.24, 2.45) is 11.1 Å². The van der Waals surface area contributed by atoms with E-state index in [1.54, 1.807) is 0 Å². The number of halogens is 1. The van der Waals surface area contributed by atoms with Crippen LogP contribution in [0.4, 0.5) is 0 Å². The van der Waals surface area contributed by atoms with Gasteiger partial charge in [0.05, 0.1) is 6.61 Å². The fourth-order valence-electron chi connectivity index (χ4n) is 1.04. The molecule has 1 heterocycles. The molecule has 0 spiro atoms. The van der Waals surface area contributed by atoms with Crippen LogP contribution in [0.5, 0.6) is 0 Å². The van der Waals surface area contributed by atoms with Crippen LogP contribution in [0.2, 0.25) is 0 Å². The summed E-state index contributed by atoms with van der Waals surface area (Å²) in [5.74, 6) is 0. The Balaban J connectivity index is 0.000000810. The summed E-state index contributed by atoms with van der Waals surface area (Å²) in [7, 11) is 0. The van der Waals surface area contributed by atoms with Gasteiger partial charge in [0.25, 0.3) is 0 Å². The lowest BCUT2D eigenvalue weighted by Gasteiger charge is -2.35. The quantitative estimate of drug-likeness (QED) is 0.585. The number of nitrogens with two attached hydrogens (primary N) is 1. The highest BCUT2D eigenvalue weighted by Gasteiger charge is 2.29. The van der Waals surface area contributed by atoms with Crippen LogP contribution in [0.15, 0.2) is 0 Å². The van der Waals surface area contributed by atoms with Crippen molar-refractivity contribution < 1.29 is 4.74 Å². The fraction of sp³-hybridized carbons (Fsp3) is 1.00. The van der Waals surface area contributed by atoms with Gasteiger partial charge in [0.1, 0.15) is 0 Å². The molecule has 0 unspecified atom stereocenters. The summed E-state index contributed by atoms with van der Waals surface area (Å²) in [5, 5.41) is 0. The topological polar surface area (TPSA) is 35.2 Å². The van der Waals surface area contributed by atoms with Gasteiger partial charge < -0.3 is 10.5 Å². The van der Waals surface area contributed by atoms with Crippen molar-refractivity contribution in [3.05, 3.63) is 0 Å². The van der Waals surface area contributed by atoms with Crippen LogP contribution in [0.3, 0.4) is 0 Å². The van der Waals surface area contributed by atoms with Gasteiger partial charge in [-0.05, 0) is 6.42 Å². The van der Waals surface area contributed by atoms with Crippen molar-refractivity contribution in [3.63, 3.8) is 0 Å². The highest BCUT2D eigenvalue weighted by molar-refractivity contribution is 5.85. The molecule has 0 bridgehead atoms. The third-order valence-corrected chi connectivity index (χ3v) is 2.05. The zero-order valence-corrected chi connectivity index (χ0v) is 7.41. The maximum absolute atomic E-state index is 5.83. The molecule has 3 heteroatoms. The monoisotopic (exact) mass is 165 g/mol. The Hall–Kier alpha value is 0.210. The van der Waals surface area contributed by atoms with Gasteiger partial charge in [0.2, 0.25) is 0 Å². The van der Waals surface area contributed by atoms with Crippen molar-refractivity contribution in [2.75, 3.05) is 13.2 Å². The van der Waals surface area contributed by atoms with E-state index in [2.05, 4.69) is 13.8 Å². The van der Waals surface area contributed by atoms with E-state index in [0.29, 0.717) is 6.04 Å². The molecular formula is C7H16ClNO. The van der Waals surface area contributed by atoms with Gasteiger partial charge in [-0.2, -0.15) is 0 Å². The van der Waals surface area contributed by atoms with Gasteiger partial charge in [-0.15, -0.1) is 12.4 Å². The van der Waals surface area contributed by atoms with Crippen LogP contribution in [-0.4, -0.2) is 19.3 Å². The molecule has 0 amide bonds. The Kier molecular flexibility index (Phi) is 3.63. The van der Waals surface area contributed by atoms with Crippen molar-refractivity contribution in [1.29, 1.82) is 0 Å². The Morgan fingerprint density at radius 2 is 2.10 bits per heavy atom. The standard InChI is InChI=1S/C7H15NO.ClH/c1-7(2)5-9-4-3-6(7)8;/h6H,3-5,8H2,1-2H3;1H/t6-;/m1./s1. The van der Waals surface area contributed by atoms with Crippen molar-refractivity contribution in [2.45, 2.75) is 26.3 Å². The third-order valence-electron chi connectivity index (χ3n) is 2.05. The summed E-state index contributed by atoms with van der Waals surface area (Å²) in [6.07, 6.45) is 1.01. The summed E-state index contributed by atoms with van der Waals surface area (Å²) >= 11 is 0. The van der Waals surface area contributed by atoms with Crippen LogP contribution in [-0.2, 0) is 4.74 Å². The first kappa shape index (κ1) is 10.2. The summed E-state index contributed by atoms with van der Waals surface area (Å²) in [4.78, 5) is 0. The predicted molar refractivity (Wildman–Crippen MR) is 44.4 cm³/mol. The molecule has 0 aliphatic carbocycles. The van der Waals surface area contributed by atoms with E-state index in [4.69, 9.17) is 10.5 Å². The van der Waals surface area contributed by atoms with E-state index in [1.165, 1.54) is 0 Å². The SMILES string of the molecule is CC1(C)COCC[C@H]1N.Cl. The lowest BCUT2D eigenvalue weighted by atomic mass is 9.83. The summed E-state index contributed by atoms with van der Waals surface area (Å²) in [6.45, 7) is 5.95. The van der Waals surface area contributed by atoms with E-state index < -0.39 is 0 Å². The average molecular weight is 166 g/mol. The zero-order valence-electron chi connectivity index (χ0n) is 6.59. The molecule has 0 aromatic rings. The van der Waals surface area contributed by atoms with Crippen molar-refractivity contribution in [1.82, 2.24) is 0 Å². The smallest absolute Gasteiger partial charge is 0.0531 e. The molecule has 0 saturated carbocycles. The Bertz CT molecular complexity index is 106. The second-order valence-corrected chi connectivity index (χ2v) is 3.44. The maximum Gasteiger partial charge on any atom is 0.0531 e. The lowest BCUT2D eigenvalue weighted by Crippen LogP contribution is -2.45. The maximum atomic E-state index is 5.83. The highest BCUT2D eigenvalue weighted by Crippen LogP contribution is 2.25. The number of hydrogen-bond donors (Lipinski definition) is 1. The molecule has 1 saturated heterocycles. The number of rotatable bonds is 0. The van der Waals surface area contributed by atoms with Gasteiger partial charge in [-0.1, -0.05) is 13.8 Å². The van der Waals surface area contributed by atoms with Crippen LogP contribution in [0, 0.1) is 5.41 Å². The van der Waals surface area contributed by atoms with Crippen molar-refractivity contribution in [3.8, 4) is 0 Å². The summed E-state index contributed by atoms with van der Waals surface area (Å²) in [5.41, 5.74) is 6.03. The molecule has 1 aliphatic heterocycles. The van der Waals surface area contributed by atoms with Gasteiger partial charge in [0.15, 0.2) is 0 Å². The van der Waals surface area contributed by atoms with Gasteiger partial charge >= 0.3 is 0 Å². The van der Waals surface area contributed by atoms with E-state index in [-0.39, 0.29) is 17.8 Å². The molecule has 2 N–H and O–H groups in total. The second kappa shape index (κ2) is 3.56. The van der Waals surface area contributed by atoms with Gasteiger partial charge in [0, 0.05) is 18.1 Å². The second-order valence-electron chi connectivity index (χ2n) is 3.44. The Morgan fingerprint density at radius 3 is 2.40 bits per heavy atom. The molecule has 2 nitrogen and oxygen atoms in total. The van der Waals surface area contributed by atoms with E-state index >= 15 is 0 Å². The molecule has 62 valence electrons. The number of hydrogen-bond acceptors (Lipinski definition) is 2. The van der Waals surface area contributed by atoms with E-state index in [9.17, 15) is 0 Å². The fourth-order valence-corrected chi connectivity index (χ4v) is 1.04. The van der Waals surface area contributed by atoms with Gasteiger partial charge in [-0.3, -0.25) is 0 Å². The molecule has 0 aromatic carbocycles. The first-order valence-corrected chi connectivity index (χ1v) is 3.46. The third kappa shape index (κ3) is 2.11. The Morgan fingerprint density at radius 1 is 1.50 bits per heavy atom. The van der Waals surface area contributed by atoms with E-state index in [1.807, 2.05) is 0 Å². The Labute approximate surface area is 68.5 Å². The minimum atomic E-state index is 0. The van der Waals surface area contributed by atoms with Crippen molar-refractivity contribution >= 4 is 12.4 Å². The first-order valence-electron chi connectivity index (χ1n) is 3.46. The van der Waals surface area contributed by atoms with Crippen LogP contribution in [0.25, 0.3) is 0 Å². The minimum absolute atomic E-state index is 0. The largest absolute Gasteiger partial charge is 0.381 e. The lowest BCUT2D eigenvalue weighted by molar-refractivity contribution is -0.00205. The molecular weight excluding hydrogens is 150 g/mol. The average Bonchev–Trinajstić information content (AvgIpc) is 1.77. The summed E-state index contributed by atoms with van der Waals surface area (Å²) in [6, 6.07) is 0.325. The number of ether oxygens (including phenoxy) is 1. The normalized spacial score (nSPS) is 30.9. The van der Waals surface area contributed by atoms with Crippen LogP contribution >= 0.6 is 12.4 Å². The summed E-state index contributed by atoms with van der Waals surface area (Å²) < 4.78 is 5.28. The van der Waals surface area contributed by atoms with Gasteiger partial charge in [-0.25, -0.2) is 0 Å².